The van der Waals surface area contributed by atoms with E-state index in [-0.39, 0.29) is 17.1 Å². The lowest BCUT2D eigenvalue weighted by atomic mass is 9.87. The zero-order chi connectivity index (χ0) is 28.7. The molecule has 0 saturated heterocycles. The van der Waals surface area contributed by atoms with Crippen LogP contribution in [0.25, 0.3) is 17.1 Å². The van der Waals surface area contributed by atoms with Gasteiger partial charge in [-0.15, -0.1) is 10.2 Å². The summed E-state index contributed by atoms with van der Waals surface area (Å²) < 4.78 is 18.4. The van der Waals surface area contributed by atoms with E-state index in [1.807, 2.05) is 59.2 Å². The van der Waals surface area contributed by atoms with Gasteiger partial charge < -0.3 is 14.2 Å². The summed E-state index contributed by atoms with van der Waals surface area (Å²) in [6.07, 6.45) is 1.63. The predicted molar refractivity (Wildman–Crippen MR) is 158 cm³/mol. The van der Waals surface area contributed by atoms with Crippen LogP contribution >= 0.6 is 11.8 Å². The van der Waals surface area contributed by atoms with Gasteiger partial charge in [0.05, 0.1) is 33.3 Å². The number of ether oxygens (including phenoxy) is 3. The third-order valence-electron chi connectivity index (χ3n) is 6.08. The Bertz CT molecular complexity index is 1450. The third kappa shape index (κ3) is 6.63. The molecular weight excluding hydrogens is 526 g/mol. The lowest BCUT2D eigenvalue weighted by Crippen LogP contribution is -2.20. The molecule has 3 aromatic carbocycles. The molecule has 0 aliphatic rings. The minimum absolute atomic E-state index is 0.0762. The highest BCUT2D eigenvalue weighted by atomic mass is 32.2. The molecular formula is C30H33N5O4S. The zero-order valence-corrected chi connectivity index (χ0v) is 24.3. The second kappa shape index (κ2) is 12.7. The number of hydrogen-bond acceptors (Lipinski definition) is 8. The fourth-order valence-corrected chi connectivity index (χ4v) is 4.73. The van der Waals surface area contributed by atoms with E-state index < -0.39 is 0 Å². The van der Waals surface area contributed by atoms with E-state index in [2.05, 4.69) is 53.6 Å². The van der Waals surface area contributed by atoms with Crippen LogP contribution in [0.15, 0.2) is 77.0 Å². The summed E-state index contributed by atoms with van der Waals surface area (Å²) in [5.74, 6) is 1.88. The molecule has 0 saturated carbocycles. The van der Waals surface area contributed by atoms with Crippen LogP contribution in [-0.4, -0.2) is 54.0 Å². The Hall–Kier alpha value is -4.31. The van der Waals surface area contributed by atoms with Crippen molar-refractivity contribution in [2.24, 2.45) is 5.10 Å². The van der Waals surface area contributed by atoms with Crippen molar-refractivity contribution in [1.29, 1.82) is 0 Å². The van der Waals surface area contributed by atoms with Gasteiger partial charge in [-0.3, -0.25) is 9.36 Å². The summed E-state index contributed by atoms with van der Waals surface area (Å²) >= 11 is 1.26. The summed E-state index contributed by atoms with van der Waals surface area (Å²) in [5.41, 5.74) is 6.36. The lowest BCUT2D eigenvalue weighted by Gasteiger charge is -2.18. The number of nitrogens with zero attached hydrogens (tertiary/aromatic N) is 4. The van der Waals surface area contributed by atoms with Gasteiger partial charge in [0.25, 0.3) is 5.91 Å². The van der Waals surface area contributed by atoms with Gasteiger partial charge in [0, 0.05) is 11.3 Å². The highest BCUT2D eigenvalue weighted by Crippen LogP contribution is 2.41. The van der Waals surface area contributed by atoms with Crippen LogP contribution < -0.4 is 19.6 Å². The number of nitrogens with one attached hydrogen (secondary N) is 1. The first-order valence-corrected chi connectivity index (χ1v) is 13.6. The van der Waals surface area contributed by atoms with E-state index in [1.54, 1.807) is 27.5 Å². The number of thioether (sulfide) groups is 1. The molecule has 0 bridgehead atoms. The number of rotatable bonds is 10. The van der Waals surface area contributed by atoms with Crippen molar-refractivity contribution in [3.63, 3.8) is 0 Å². The van der Waals surface area contributed by atoms with Crippen molar-refractivity contribution in [3.8, 4) is 34.3 Å². The number of hydrazone groups is 1. The molecule has 1 aromatic heterocycles. The molecule has 10 heteroatoms. The van der Waals surface area contributed by atoms with Gasteiger partial charge >= 0.3 is 0 Å². The first-order chi connectivity index (χ1) is 19.2. The van der Waals surface area contributed by atoms with E-state index in [0.717, 1.165) is 11.3 Å². The summed E-state index contributed by atoms with van der Waals surface area (Å²) in [6.45, 7) is 6.50. The normalized spacial score (nSPS) is 11.4. The largest absolute Gasteiger partial charge is 0.493 e. The molecule has 0 unspecified atom stereocenters. The average molecular weight is 560 g/mol. The van der Waals surface area contributed by atoms with Crippen LogP contribution in [0.1, 0.15) is 31.9 Å². The van der Waals surface area contributed by atoms with Gasteiger partial charge in [-0.2, -0.15) is 5.10 Å². The van der Waals surface area contributed by atoms with Crippen LogP contribution in [0.5, 0.6) is 17.2 Å². The minimum Gasteiger partial charge on any atom is -0.493 e. The number of benzene rings is 3. The van der Waals surface area contributed by atoms with Crippen molar-refractivity contribution in [2.45, 2.75) is 31.3 Å². The Balaban J connectivity index is 1.53. The topological polar surface area (TPSA) is 99.9 Å². The Morgan fingerprint density at radius 1 is 0.950 bits per heavy atom. The number of aromatic nitrogens is 3. The monoisotopic (exact) mass is 559 g/mol. The molecule has 1 heterocycles. The molecule has 4 rings (SSSR count). The minimum atomic E-state index is -0.260. The quantitative estimate of drug-likeness (QED) is 0.156. The summed E-state index contributed by atoms with van der Waals surface area (Å²) in [4.78, 5) is 12.6. The SMILES string of the molecule is COc1cc(-c2nnc(SCC(=O)NN=Cc3ccc(C(C)(C)C)cc3)n2-c2ccccc2)cc(OC)c1OC. The van der Waals surface area contributed by atoms with Gasteiger partial charge in [0.1, 0.15) is 0 Å². The van der Waals surface area contributed by atoms with Crippen molar-refractivity contribution in [2.75, 3.05) is 27.1 Å². The van der Waals surface area contributed by atoms with Crippen molar-refractivity contribution in [1.82, 2.24) is 20.2 Å². The predicted octanol–water partition coefficient (Wildman–Crippen LogP) is 5.50. The van der Waals surface area contributed by atoms with Crippen molar-refractivity contribution < 1.29 is 19.0 Å². The third-order valence-corrected chi connectivity index (χ3v) is 7.01. The first kappa shape index (κ1) is 28.7. The molecule has 0 atom stereocenters. The summed E-state index contributed by atoms with van der Waals surface area (Å²) in [6, 6.07) is 21.4. The molecule has 1 amide bonds. The van der Waals surface area contributed by atoms with Crippen LogP contribution in [0, 0.1) is 0 Å². The van der Waals surface area contributed by atoms with E-state index in [1.165, 1.54) is 17.3 Å². The van der Waals surface area contributed by atoms with Gasteiger partial charge in [-0.05, 0) is 40.8 Å². The van der Waals surface area contributed by atoms with Crippen LogP contribution in [-0.2, 0) is 10.2 Å². The fraction of sp³-hybridized carbons (Fsp3) is 0.267. The summed E-state index contributed by atoms with van der Waals surface area (Å²) in [7, 11) is 4.68. The molecule has 0 aliphatic heterocycles. The summed E-state index contributed by atoms with van der Waals surface area (Å²) in [5, 5.41) is 13.5. The van der Waals surface area contributed by atoms with Crippen LogP contribution in [0.2, 0.25) is 0 Å². The Morgan fingerprint density at radius 2 is 1.60 bits per heavy atom. The van der Waals surface area contributed by atoms with Gasteiger partial charge in [-0.1, -0.05) is 75.0 Å². The maximum Gasteiger partial charge on any atom is 0.250 e. The number of para-hydroxylation sites is 1. The lowest BCUT2D eigenvalue weighted by molar-refractivity contribution is -0.118. The maximum atomic E-state index is 12.6. The molecule has 9 nitrogen and oxygen atoms in total. The number of amides is 1. The maximum absolute atomic E-state index is 12.6. The second-order valence-corrected chi connectivity index (χ2v) is 10.8. The molecule has 0 fully saturated rings. The Morgan fingerprint density at radius 3 is 2.17 bits per heavy atom. The Kier molecular flexibility index (Phi) is 9.11. The van der Waals surface area contributed by atoms with E-state index in [4.69, 9.17) is 14.2 Å². The first-order valence-electron chi connectivity index (χ1n) is 12.6. The number of carbonyl (C=O) groups is 1. The molecule has 0 spiro atoms. The molecule has 40 heavy (non-hydrogen) atoms. The molecule has 4 aromatic rings. The molecule has 208 valence electrons. The van der Waals surface area contributed by atoms with Crippen LogP contribution in [0.4, 0.5) is 0 Å². The number of hydrogen-bond donors (Lipinski definition) is 1. The van der Waals surface area contributed by atoms with Gasteiger partial charge in [0.15, 0.2) is 22.5 Å². The Labute approximate surface area is 238 Å². The van der Waals surface area contributed by atoms with E-state index in [9.17, 15) is 4.79 Å². The van der Waals surface area contributed by atoms with Gasteiger partial charge in [0.2, 0.25) is 5.75 Å². The van der Waals surface area contributed by atoms with E-state index >= 15 is 0 Å². The average Bonchev–Trinajstić information content (AvgIpc) is 3.39. The number of methoxy groups -OCH3 is 3. The fourth-order valence-electron chi connectivity index (χ4n) is 3.98. The van der Waals surface area contributed by atoms with E-state index in [0.29, 0.717) is 33.8 Å². The van der Waals surface area contributed by atoms with Crippen molar-refractivity contribution in [3.05, 3.63) is 77.9 Å². The highest BCUT2D eigenvalue weighted by molar-refractivity contribution is 7.99. The molecule has 1 N–H and O–H groups in total. The standard InChI is InChI=1S/C30H33N5O4S/c1-30(2,3)22-14-12-20(13-15-22)18-31-32-26(36)19-40-29-34-33-28(35(29)23-10-8-7-9-11-23)21-16-24(37-4)27(39-6)25(17-21)38-5/h7-18H,19H2,1-6H3,(H,32,36). The molecule has 0 radical (unpaired) electrons. The number of carbonyl (C=O) groups excluding carboxylic acids is 1. The van der Waals surface area contributed by atoms with Gasteiger partial charge in [-0.25, -0.2) is 5.43 Å². The molecule has 0 aliphatic carbocycles. The smallest absolute Gasteiger partial charge is 0.250 e. The van der Waals surface area contributed by atoms with Crippen LogP contribution in [0.3, 0.4) is 0 Å². The second-order valence-electron chi connectivity index (χ2n) is 9.85. The van der Waals surface area contributed by atoms with Crippen molar-refractivity contribution >= 4 is 23.9 Å². The highest BCUT2D eigenvalue weighted by Gasteiger charge is 2.21. The zero-order valence-electron chi connectivity index (χ0n) is 23.5.